The second-order valence-corrected chi connectivity index (χ2v) is 4.80. The fourth-order valence-electron chi connectivity index (χ4n) is 1.62. The molecule has 1 aromatic carbocycles. The normalized spacial score (nSPS) is 10.9. The third kappa shape index (κ3) is 4.05. The minimum absolute atomic E-state index is 0.0934. The molecule has 0 aliphatic heterocycles. The first-order valence-corrected chi connectivity index (χ1v) is 5.87. The van der Waals surface area contributed by atoms with Gasteiger partial charge in [0.1, 0.15) is 0 Å². The zero-order valence-corrected chi connectivity index (χ0v) is 10.6. The van der Waals surface area contributed by atoms with E-state index in [0.717, 1.165) is 5.56 Å². The second kappa shape index (κ2) is 5.69. The Hall–Kier alpha value is -1.31. The van der Waals surface area contributed by atoms with Gasteiger partial charge >= 0.3 is 0 Å². The van der Waals surface area contributed by atoms with Crippen LogP contribution in [0.4, 0.5) is 0 Å². The van der Waals surface area contributed by atoms with Crippen LogP contribution in [0.2, 0.25) is 0 Å². The Morgan fingerprint density at radius 3 is 2.50 bits per heavy atom. The van der Waals surface area contributed by atoms with E-state index in [4.69, 9.17) is 0 Å². The Balaban J connectivity index is 2.67. The quantitative estimate of drug-likeness (QED) is 0.829. The van der Waals surface area contributed by atoms with E-state index >= 15 is 0 Å². The lowest BCUT2D eigenvalue weighted by Crippen LogP contribution is -2.31. The Labute approximate surface area is 98.1 Å². The standard InChI is InChI=1S/C14H21NO/c1-10(2)13-7-5-6-12(8-13)9-14(16)15-11(3)4/h5-8,10-11H,9H2,1-4H3,(H,15,16). The molecule has 0 radical (unpaired) electrons. The van der Waals surface area contributed by atoms with Crippen LogP contribution >= 0.6 is 0 Å². The maximum absolute atomic E-state index is 11.6. The van der Waals surface area contributed by atoms with Gasteiger partial charge in [0.2, 0.25) is 5.91 Å². The second-order valence-electron chi connectivity index (χ2n) is 4.80. The predicted molar refractivity (Wildman–Crippen MR) is 67.5 cm³/mol. The fraction of sp³-hybridized carbons (Fsp3) is 0.500. The van der Waals surface area contributed by atoms with E-state index in [1.165, 1.54) is 5.56 Å². The molecule has 2 nitrogen and oxygen atoms in total. The van der Waals surface area contributed by atoms with Crippen LogP contribution in [0.15, 0.2) is 24.3 Å². The van der Waals surface area contributed by atoms with Gasteiger partial charge in [-0.25, -0.2) is 0 Å². The summed E-state index contributed by atoms with van der Waals surface area (Å²) in [5, 5.41) is 2.90. The van der Waals surface area contributed by atoms with Crippen LogP contribution in [-0.4, -0.2) is 11.9 Å². The number of hydrogen-bond donors (Lipinski definition) is 1. The molecule has 88 valence electrons. The molecule has 0 bridgehead atoms. The van der Waals surface area contributed by atoms with Crippen LogP contribution in [0.25, 0.3) is 0 Å². The van der Waals surface area contributed by atoms with E-state index in [9.17, 15) is 4.79 Å². The summed E-state index contributed by atoms with van der Waals surface area (Å²) in [6.45, 7) is 8.27. The largest absolute Gasteiger partial charge is 0.354 e. The molecular formula is C14H21NO. The van der Waals surface area contributed by atoms with Crippen LogP contribution in [0.3, 0.4) is 0 Å². The maximum Gasteiger partial charge on any atom is 0.224 e. The summed E-state index contributed by atoms with van der Waals surface area (Å²) in [6, 6.07) is 8.46. The molecule has 0 unspecified atom stereocenters. The molecule has 0 saturated carbocycles. The first kappa shape index (κ1) is 12.8. The average molecular weight is 219 g/mol. The van der Waals surface area contributed by atoms with Crippen molar-refractivity contribution < 1.29 is 4.79 Å². The monoisotopic (exact) mass is 219 g/mol. The lowest BCUT2D eigenvalue weighted by atomic mass is 9.99. The Morgan fingerprint density at radius 2 is 1.94 bits per heavy atom. The molecular weight excluding hydrogens is 198 g/mol. The lowest BCUT2D eigenvalue weighted by Gasteiger charge is -2.10. The van der Waals surface area contributed by atoms with Crippen molar-refractivity contribution in [2.75, 3.05) is 0 Å². The van der Waals surface area contributed by atoms with Crippen molar-refractivity contribution >= 4 is 5.91 Å². The van der Waals surface area contributed by atoms with Gasteiger partial charge in [0, 0.05) is 6.04 Å². The molecule has 0 atom stereocenters. The van der Waals surface area contributed by atoms with E-state index in [1.807, 2.05) is 26.0 Å². The third-order valence-electron chi connectivity index (χ3n) is 2.43. The molecule has 0 heterocycles. The van der Waals surface area contributed by atoms with E-state index in [1.54, 1.807) is 0 Å². The highest BCUT2D eigenvalue weighted by molar-refractivity contribution is 5.78. The zero-order valence-electron chi connectivity index (χ0n) is 10.6. The van der Waals surface area contributed by atoms with Gasteiger partial charge in [-0.3, -0.25) is 4.79 Å². The number of nitrogens with one attached hydrogen (secondary N) is 1. The average Bonchev–Trinajstić information content (AvgIpc) is 2.16. The molecule has 1 rings (SSSR count). The Kier molecular flexibility index (Phi) is 4.53. The van der Waals surface area contributed by atoms with Gasteiger partial charge in [-0.1, -0.05) is 38.1 Å². The molecule has 0 spiro atoms. The summed E-state index contributed by atoms with van der Waals surface area (Å²) >= 11 is 0. The minimum Gasteiger partial charge on any atom is -0.354 e. The maximum atomic E-state index is 11.6. The van der Waals surface area contributed by atoms with Gasteiger partial charge in [0.25, 0.3) is 0 Å². The molecule has 16 heavy (non-hydrogen) atoms. The van der Waals surface area contributed by atoms with Crippen LogP contribution in [0.1, 0.15) is 44.7 Å². The van der Waals surface area contributed by atoms with Gasteiger partial charge in [0.05, 0.1) is 6.42 Å². The van der Waals surface area contributed by atoms with Crippen LogP contribution in [-0.2, 0) is 11.2 Å². The molecule has 0 aliphatic carbocycles. The van der Waals surface area contributed by atoms with Crippen LogP contribution < -0.4 is 5.32 Å². The van der Waals surface area contributed by atoms with E-state index < -0.39 is 0 Å². The Bertz CT molecular complexity index is 356. The highest BCUT2D eigenvalue weighted by atomic mass is 16.1. The van der Waals surface area contributed by atoms with Gasteiger partial charge in [0.15, 0.2) is 0 Å². The van der Waals surface area contributed by atoms with Gasteiger partial charge in [-0.15, -0.1) is 0 Å². The van der Waals surface area contributed by atoms with E-state index in [2.05, 4.69) is 31.3 Å². The molecule has 1 amide bonds. The highest BCUT2D eigenvalue weighted by Crippen LogP contribution is 2.15. The van der Waals surface area contributed by atoms with Gasteiger partial charge < -0.3 is 5.32 Å². The number of benzene rings is 1. The molecule has 0 aliphatic rings. The molecule has 0 fully saturated rings. The van der Waals surface area contributed by atoms with Crippen molar-refractivity contribution in [1.29, 1.82) is 0 Å². The Morgan fingerprint density at radius 1 is 1.25 bits per heavy atom. The number of carbonyl (C=O) groups is 1. The van der Waals surface area contributed by atoms with Crippen molar-refractivity contribution in [3.05, 3.63) is 35.4 Å². The number of amides is 1. The van der Waals surface area contributed by atoms with E-state index in [0.29, 0.717) is 12.3 Å². The van der Waals surface area contributed by atoms with Gasteiger partial charge in [-0.05, 0) is 30.9 Å². The van der Waals surface area contributed by atoms with E-state index in [-0.39, 0.29) is 11.9 Å². The van der Waals surface area contributed by atoms with Crippen LogP contribution in [0, 0.1) is 0 Å². The number of rotatable bonds is 4. The summed E-state index contributed by atoms with van der Waals surface area (Å²) in [4.78, 5) is 11.6. The molecule has 0 saturated heterocycles. The first-order chi connectivity index (χ1) is 7.49. The highest BCUT2D eigenvalue weighted by Gasteiger charge is 2.06. The zero-order chi connectivity index (χ0) is 12.1. The van der Waals surface area contributed by atoms with Crippen molar-refractivity contribution in [2.24, 2.45) is 0 Å². The third-order valence-corrected chi connectivity index (χ3v) is 2.43. The van der Waals surface area contributed by atoms with Crippen molar-refractivity contribution in [3.8, 4) is 0 Å². The lowest BCUT2D eigenvalue weighted by molar-refractivity contribution is -0.120. The summed E-state index contributed by atoms with van der Waals surface area (Å²) in [5.41, 5.74) is 2.37. The van der Waals surface area contributed by atoms with Crippen molar-refractivity contribution in [1.82, 2.24) is 5.32 Å². The molecule has 1 aromatic rings. The SMILES string of the molecule is CC(C)NC(=O)Cc1cccc(C(C)C)c1. The topological polar surface area (TPSA) is 29.1 Å². The first-order valence-electron chi connectivity index (χ1n) is 5.87. The minimum atomic E-state index is 0.0934. The number of carbonyl (C=O) groups excluding carboxylic acids is 1. The summed E-state index contributed by atoms with van der Waals surface area (Å²) in [7, 11) is 0. The number of hydrogen-bond acceptors (Lipinski definition) is 1. The summed E-state index contributed by atoms with van der Waals surface area (Å²) < 4.78 is 0. The van der Waals surface area contributed by atoms with Gasteiger partial charge in [-0.2, -0.15) is 0 Å². The van der Waals surface area contributed by atoms with Crippen LogP contribution in [0.5, 0.6) is 0 Å². The smallest absolute Gasteiger partial charge is 0.224 e. The molecule has 2 heteroatoms. The predicted octanol–water partition coefficient (Wildman–Crippen LogP) is 2.88. The summed E-state index contributed by atoms with van der Waals surface area (Å²) in [6.07, 6.45) is 0.471. The fourth-order valence-corrected chi connectivity index (χ4v) is 1.62. The summed E-state index contributed by atoms with van der Waals surface area (Å²) in [5.74, 6) is 0.601. The molecule has 0 aromatic heterocycles. The van der Waals surface area contributed by atoms with Crippen molar-refractivity contribution in [3.63, 3.8) is 0 Å². The molecule has 1 N–H and O–H groups in total. The van der Waals surface area contributed by atoms with Crippen molar-refractivity contribution in [2.45, 2.75) is 46.1 Å².